The summed E-state index contributed by atoms with van der Waals surface area (Å²) in [7, 11) is 3.28. The molecule has 1 amide bonds. The second kappa shape index (κ2) is 6.31. The highest BCUT2D eigenvalue weighted by Gasteiger charge is 2.32. The third kappa shape index (κ3) is 2.93. The molecule has 8 heteroatoms. The van der Waals surface area contributed by atoms with Crippen molar-refractivity contribution in [2.75, 3.05) is 25.8 Å². The molecule has 25 heavy (non-hydrogen) atoms. The number of carboxylic acid groups (broad SMARTS) is 1. The summed E-state index contributed by atoms with van der Waals surface area (Å²) in [5.74, 6) is -2.04. The smallest absolute Gasteiger partial charge is 0.341 e. The summed E-state index contributed by atoms with van der Waals surface area (Å²) in [6.45, 7) is 0.304. The number of rotatable bonds is 4. The third-order valence-electron chi connectivity index (χ3n) is 3.94. The minimum Gasteiger partial charge on any atom is -0.482 e. The molecule has 0 unspecified atom stereocenters. The normalized spacial score (nSPS) is 13.6. The fraction of sp³-hybridized carbons (Fsp3) is 0.235. The van der Waals surface area contributed by atoms with Crippen LogP contribution in [-0.2, 0) is 6.61 Å². The Balaban J connectivity index is 2.13. The average molecular weight is 343 g/mol. The lowest BCUT2D eigenvalue weighted by Gasteiger charge is -2.36. The van der Waals surface area contributed by atoms with Crippen LogP contribution < -0.4 is 15.2 Å². The number of aromatic carboxylic acids is 1. The second-order valence-corrected chi connectivity index (χ2v) is 5.78. The van der Waals surface area contributed by atoms with Crippen LogP contribution in [0.2, 0.25) is 0 Å². The fourth-order valence-electron chi connectivity index (χ4n) is 2.68. The van der Waals surface area contributed by atoms with Gasteiger partial charge >= 0.3 is 5.97 Å². The van der Waals surface area contributed by atoms with Gasteiger partial charge in [0, 0.05) is 20.3 Å². The maximum absolute atomic E-state index is 12.6. The number of carbonyl (C=O) groups is 2. The van der Waals surface area contributed by atoms with E-state index in [-0.39, 0.29) is 24.7 Å². The second-order valence-electron chi connectivity index (χ2n) is 5.78. The van der Waals surface area contributed by atoms with Gasteiger partial charge in [-0.05, 0) is 5.56 Å². The molecule has 0 fully saturated rings. The Bertz CT molecular complexity index is 891. The van der Waals surface area contributed by atoms with Gasteiger partial charge in [-0.15, -0.1) is 0 Å². The van der Waals surface area contributed by atoms with Crippen LogP contribution in [0.3, 0.4) is 0 Å². The van der Waals surface area contributed by atoms with Crippen LogP contribution in [0.15, 0.2) is 41.3 Å². The van der Waals surface area contributed by atoms with Crippen molar-refractivity contribution >= 4 is 11.9 Å². The van der Waals surface area contributed by atoms with E-state index in [2.05, 4.69) is 0 Å². The Kier molecular flexibility index (Phi) is 4.18. The number of hydrogen-bond acceptors (Lipinski definition) is 5. The molecular weight excluding hydrogens is 326 g/mol. The van der Waals surface area contributed by atoms with Crippen molar-refractivity contribution in [1.29, 1.82) is 0 Å². The number of pyridine rings is 1. The minimum absolute atomic E-state index is 0.0159. The van der Waals surface area contributed by atoms with E-state index < -0.39 is 22.9 Å². The van der Waals surface area contributed by atoms with E-state index in [1.165, 1.54) is 9.58 Å². The van der Waals surface area contributed by atoms with E-state index >= 15 is 0 Å². The van der Waals surface area contributed by atoms with Gasteiger partial charge in [0.25, 0.3) is 5.91 Å². The van der Waals surface area contributed by atoms with Crippen molar-refractivity contribution in [3.8, 4) is 5.75 Å². The molecule has 1 aliphatic rings. The SMILES string of the molecule is CN1CN(C)n2cc(C(=O)O)c(=O)c(OCc3ccccc3)c2C1=O. The molecule has 0 bridgehead atoms. The molecule has 1 aromatic carbocycles. The molecule has 2 heterocycles. The maximum atomic E-state index is 12.6. The molecule has 8 nitrogen and oxygen atoms in total. The monoisotopic (exact) mass is 343 g/mol. The lowest BCUT2D eigenvalue weighted by Crippen LogP contribution is -2.51. The highest BCUT2D eigenvalue weighted by Crippen LogP contribution is 2.22. The standard InChI is InChI=1S/C17H17N3O5/c1-18-10-19(2)20-8-12(17(23)24)14(21)15(13(20)16(18)22)25-9-11-6-4-3-5-7-11/h3-8H,9-10H2,1-2H3,(H,23,24). The molecule has 1 aliphatic heterocycles. The van der Waals surface area contributed by atoms with Gasteiger partial charge in [-0.3, -0.25) is 19.3 Å². The lowest BCUT2D eigenvalue weighted by molar-refractivity contribution is 0.0682. The van der Waals surface area contributed by atoms with Crippen molar-refractivity contribution < 1.29 is 19.4 Å². The summed E-state index contributed by atoms with van der Waals surface area (Å²) < 4.78 is 6.96. The molecule has 0 radical (unpaired) electrons. The highest BCUT2D eigenvalue weighted by molar-refractivity contribution is 5.97. The molecular formula is C17H17N3O5. The number of amides is 1. The summed E-state index contributed by atoms with van der Waals surface area (Å²) in [5, 5.41) is 10.9. The van der Waals surface area contributed by atoms with Crippen LogP contribution >= 0.6 is 0 Å². The van der Waals surface area contributed by atoms with Gasteiger partial charge < -0.3 is 14.7 Å². The number of hydrogen-bond donors (Lipinski definition) is 1. The quantitative estimate of drug-likeness (QED) is 0.880. The first-order valence-corrected chi connectivity index (χ1v) is 7.56. The highest BCUT2D eigenvalue weighted by atomic mass is 16.5. The largest absolute Gasteiger partial charge is 0.482 e. The molecule has 0 saturated carbocycles. The maximum Gasteiger partial charge on any atom is 0.341 e. The van der Waals surface area contributed by atoms with Gasteiger partial charge in [-0.2, -0.15) is 0 Å². The Labute approximate surface area is 143 Å². The summed E-state index contributed by atoms with van der Waals surface area (Å²) in [5.41, 5.74) is -0.448. The molecule has 0 atom stereocenters. The van der Waals surface area contributed by atoms with E-state index in [0.717, 1.165) is 11.8 Å². The number of carboxylic acids is 1. The van der Waals surface area contributed by atoms with Crippen molar-refractivity contribution in [3.05, 3.63) is 63.6 Å². The summed E-state index contributed by atoms with van der Waals surface area (Å²) in [6, 6.07) is 9.11. The first kappa shape index (κ1) is 16.6. The van der Waals surface area contributed by atoms with Gasteiger partial charge in [-0.1, -0.05) is 30.3 Å². The van der Waals surface area contributed by atoms with E-state index in [4.69, 9.17) is 4.74 Å². The number of ether oxygens (including phenoxy) is 1. The predicted octanol–water partition coefficient (Wildman–Crippen LogP) is 0.736. The van der Waals surface area contributed by atoms with Crippen LogP contribution in [0.5, 0.6) is 5.75 Å². The van der Waals surface area contributed by atoms with Crippen LogP contribution in [0.1, 0.15) is 26.4 Å². The first-order chi connectivity index (χ1) is 11.9. The number of carbonyl (C=O) groups excluding carboxylic acids is 1. The zero-order valence-electron chi connectivity index (χ0n) is 13.8. The fourth-order valence-corrected chi connectivity index (χ4v) is 2.68. The minimum atomic E-state index is -1.37. The average Bonchev–Trinajstić information content (AvgIpc) is 2.59. The van der Waals surface area contributed by atoms with Crippen LogP contribution in [0, 0.1) is 0 Å². The van der Waals surface area contributed by atoms with Crippen molar-refractivity contribution in [1.82, 2.24) is 9.58 Å². The Hall–Kier alpha value is -3.29. The van der Waals surface area contributed by atoms with Gasteiger partial charge in [0.2, 0.25) is 5.43 Å². The number of nitrogens with zero attached hydrogens (tertiary/aromatic N) is 3. The predicted molar refractivity (Wildman–Crippen MR) is 89.5 cm³/mol. The topological polar surface area (TPSA) is 92.1 Å². The van der Waals surface area contributed by atoms with Crippen LogP contribution in [0.4, 0.5) is 0 Å². The van der Waals surface area contributed by atoms with Crippen LogP contribution in [0.25, 0.3) is 0 Å². The summed E-state index contributed by atoms with van der Waals surface area (Å²) in [4.78, 5) is 37.9. The Morgan fingerprint density at radius 1 is 1.20 bits per heavy atom. The lowest BCUT2D eigenvalue weighted by atomic mass is 10.2. The molecule has 130 valence electrons. The number of aromatic nitrogens is 1. The first-order valence-electron chi connectivity index (χ1n) is 7.56. The van der Waals surface area contributed by atoms with E-state index in [0.29, 0.717) is 0 Å². The molecule has 1 N–H and O–H groups in total. The summed E-state index contributed by atoms with van der Waals surface area (Å²) in [6.07, 6.45) is 1.15. The Morgan fingerprint density at radius 2 is 1.88 bits per heavy atom. The zero-order valence-corrected chi connectivity index (χ0v) is 13.8. The van der Waals surface area contributed by atoms with Gasteiger partial charge in [0.1, 0.15) is 18.8 Å². The van der Waals surface area contributed by atoms with Crippen molar-refractivity contribution in [2.24, 2.45) is 0 Å². The molecule has 0 spiro atoms. The summed E-state index contributed by atoms with van der Waals surface area (Å²) >= 11 is 0. The van der Waals surface area contributed by atoms with E-state index in [9.17, 15) is 19.5 Å². The van der Waals surface area contributed by atoms with E-state index in [1.807, 2.05) is 30.3 Å². The molecule has 0 saturated heterocycles. The molecule has 2 aromatic rings. The molecule has 3 rings (SSSR count). The zero-order chi connectivity index (χ0) is 18.1. The van der Waals surface area contributed by atoms with Gasteiger partial charge in [0.15, 0.2) is 11.4 Å². The van der Waals surface area contributed by atoms with Gasteiger partial charge in [-0.25, -0.2) is 4.79 Å². The third-order valence-corrected chi connectivity index (χ3v) is 3.94. The van der Waals surface area contributed by atoms with Crippen LogP contribution in [-0.4, -0.2) is 47.3 Å². The van der Waals surface area contributed by atoms with E-state index in [1.54, 1.807) is 19.1 Å². The Morgan fingerprint density at radius 3 is 2.52 bits per heavy atom. The number of benzene rings is 1. The van der Waals surface area contributed by atoms with Crippen molar-refractivity contribution in [2.45, 2.75) is 6.61 Å². The van der Waals surface area contributed by atoms with Gasteiger partial charge in [0.05, 0.1) is 0 Å². The molecule has 0 aliphatic carbocycles. The number of fused-ring (bicyclic) bond motifs is 1. The van der Waals surface area contributed by atoms with Crippen molar-refractivity contribution in [3.63, 3.8) is 0 Å². The molecule has 1 aromatic heterocycles.